The lowest BCUT2D eigenvalue weighted by atomic mass is 10.1. The third-order valence-electron chi connectivity index (χ3n) is 2.04. The van der Waals surface area contributed by atoms with Crippen LogP contribution in [0.1, 0.15) is 10.4 Å². The molecule has 0 saturated carbocycles. The van der Waals surface area contributed by atoms with Gasteiger partial charge in [0.2, 0.25) is 0 Å². The first-order chi connectivity index (χ1) is 7.10. The topological polar surface area (TPSA) is 61.8 Å². The fraction of sp³-hybridized carbons (Fsp3) is 0.300. The Hall–Kier alpha value is -1.75. The van der Waals surface area contributed by atoms with Crippen LogP contribution in [0.4, 0.5) is 11.4 Å². The largest absolute Gasteiger partial charge is 0.465 e. The summed E-state index contributed by atoms with van der Waals surface area (Å²) in [6.07, 6.45) is 0. The molecule has 0 unspecified atom stereocenters. The molecule has 0 aliphatic heterocycles. The van der Waals surface area contributed by atoms with Crippen LogP contribution in [0.25, 0.3) is 0 Å². The molecule has 0 aliphatic rings. The van der Waals surface area contributed by atoms with E-state index < -0.39 is 5.97 Å². The molecule has 2 N–H and O–H groups in total. The fourth-order valence-electron chi connectivity index (χ4n) is 1.26. The summed E-state index contributed by atoms with van der Waals surface area (Å²) in [4.78, 5) is 11.2. The Morgan fingerprint density at radius 2 is 2.20 bits per heavy atom. The SMILES string of the molecule is CNc1cc(C(=O)OC)ccc1N(C)O. The lowest BCUT2D eigenvalue weighted by molar-refractivity contribution is 0.0600. The molecule has 1 rings (SSSR count). The molecule has 15 heavy (non-hydrogen) atoms. The Labute approximate surface area is 88.2 Å². The van der Waals surface area contributed by atoms with Crippen molar-refractivity contribution < 1.29 is 14.7 Å². The van der Waals surface area contributed by atoms with Crippen molar-refractivity contribution in [2.45, 2.75) is 0 Å². The molecule has 0 radical (unpaired) electrons. The van der Waals surface area contributed by atoms with Crippen LogP contribution in [0.15, 0.2) is 18.2 Å². The van der Waals surface area contributed by atoms with Crippen molar-refractivity contribution >= 4 is 17.3 Å². The Kier molecular flexibility index (Phi) is 3.51. The number of benzene rings is 1. The summed E-state index contributed by atoms with van der Waals surface area (Å²) in [5.41, 5.74) is 1.68. The summed E-state index contributed by atoms with van der Waals surface area (Å²) in [6.45, 7) is 0. The Balaban J connectivity index is 3.13. The monoisotopic (exact) mass is 210 g/mol. The van der Waals surface area contributed by atoms with Crippen molar-refractivity contribution in [1.82, 2.24) is 0 Å². The van der Waals surface area contributed by atoms with Crippen LogP contribution in [-0.2, 0) is 4.74 Å². The Morgan fingerprint density at radius 1 is 1.53 bits per heavy atom. The molecular weight excluding hydrogens is 196 g/mol. The van der Waals surface area contributed by atoms with E-state index in [1.165, 1.54) is 14.2 Å². The maximum Gasteiger partial charge on any atom is 0.337 e. The minimum absolute atomic E-state index is 0.404. The molecule has 0 fully saturated rings. The van der Waals surface area contributed by atoms with Crippen LogP contribution in [0.5, 0.6) is 0 Å². The Bertz CT molecular complexity index is 364. The number of methoxy groups -OCH3 is 1. The molecule has 82 valence electrons. The highest BCUT2D eigenvalue weighted by Gasteiger charge is 2.10. The van der Waals surface area contributed by atoms with Crippen molar-refractivity contribution in [1.29, 1.82) is 0 Å². The summed E-state index contributed by atoms with van der Waals surface area (Å²) in [6, 6.07) is 4.85. The van der Waals surface area contributed by atoms with E-state index in [0.29, 0.717) is 16.9 Å². The van der Waals surface area contributed by atoms with Gasteiger partial charge >= 0.3 is 5.97 Å². The van der Waals surface area contributed by atoms with E-state index in [0.717, 1.165) is 5.06 Å². The Morgan fingerprint density at radius 3 is 2.67 bits per heavy atom. The van der Waals surface area contributed by atoms with Gasteiger partial charge in [-0.25, -0.2) is 4.79 Å². The van der Waals surface area contributed by atoms with E-state index >= 15 is 0 Å². The maximum atomic E-state index is 11.2. The van der Waals surface area contributed by atoms with Crippen LogP contribution in [0.3, 0.4) is 0 Å². The first-order valence-corrected chi connectivity index (χ1v) is 4.43. The summed E-state index contributed by atoms with van der Waals surface area (Å²) in [7, 11) is 4.55. The average molecular weight is 210 g/mol. The predicted octanol–water partition coefficient (Wildman–Crippen LogP) is 1.34. The zero-order valence-electron chi connectivity index (χ0n) is 8.94. The maximum absolute atomic E-state index is 11.2. The molecular formula is C10H14N2O3. The van der Waals surface area contributed by atoms with Crippen LogP contribution in [-0.4, -0.2) is 32.4 Å². The molecule has 0 saturated heterocycles. The highest BCUT2D eigenvalue weighted by molar-refractivity contribution is 5.92. The van der Waals surface area contributed by atoms with Gasteiger partial charge in [0, 0.05) is 14.1 Å². The number of nitrogens with one attached hydrogen (secondary N) is 1. The molecule has 5 nitrogen and oxygen atoms in total. The van der Waals surface area contributed by atoms with Crippen molar-refractivity contribution in [2.75, 3.05) is 31.6 Å². The zero-order valence-corrected chi connectivity index (χ0v) is 8.94. The van der Waals surface area contributed by atoms with Gasteiger partial charge in [0.05, 0.1) is 24.0 Å². The summed E-state index contributed by atoms with van der Waals surface area (Å²) in [5.74, 6) is -0.404. The van der Waals surface area contributed by atoms with E-state index in [1.54, 1.807) is 25.2 Å². The van der Waals surface area contributed by atoms with Crippen molar-refractivity contribution in [3.63, 3.8) is 0 Å². The summed E-state index contributed by atoms with van der Waals surface area (Å²) < 4.78 is 4.59. The third kappa shape index (κ3) is 2.38. The molecule has 0 atom stereocenters. The van der Waals surface area contributed by atoms with Crippen LogP contribution in [0, 0.1) is 0 Å². The van der Waals surface area contributed by atoms with E-state index in [9.17, 15) is 10.0 Å². The van der Waals surface area contributed by atoms with Crippen LogP contribution >= 0.6 is 0 Å². The lowest BCUT2D eigenvalue weighted by Crippen LogP contribution is -2.13. The number of carbonyl (C=O) groups is 1. The molecule has 0 spiro atoms. The number of hydrogen-bond acceptors (Lipinski definition) is 5. The molecule has 0 amide bonds. The average Bonchev–Trinajstić information content (AvgIpc) is 2.26. The van der Waals surface area contributed by atoms with Gasteiger partial charge < -0.3 is 10.1 Å². The minimum atomic E-state index is -0.404. The highest BCUT2D eigenvalue weighted by Crippen LogP contribution is 2.25. The number of carbonyl (C=O) groups excluding carboxylic acids is 1. The quantitative estimate of drug-likeness (QED) is 0.582. The second kappa shape index (κ2) is 4.65. The fourth-order valence-corrected chi connectivity index (χ4v) is 1.26. The molecule has 1 aromatic rings. The molecule has 1 aromatic carbocycles. The van der Waals surface area contributed by atoms with E-state index in [-0.39, 0.29) is 0 Å². The molecule has 0 aliphatic carbocycles. The van der Waals surface area contributed by atoms with Crippen LogP contribution < -0.4 is 10.4 Å². The summed E-state index contributed by atoms with van der Waals surface area (Å²) >= 11 is 0. The van der Waals surface area contributed by atoms with E-state index in [1.807, 2.05) is 0 Å². The van der Waals surface area contributed by atoms with Crippen molar-refractivity contribution in [2.24, 2.45) is 0 Å². The second-order valence-electron chi connectivity index (χ2n) is 3.00. The first kappa shape index (κ1) is 11.3. The van der Waals surface area contributed by atoms with Gasteiger partial charge in [-0.15, -0.1) is 0 Å². The number of anilines is 2. The van der Waals surface area contributed by atoms with Gasteiger partial charge in [-0.1, -0.05) is 0 Å². The number of hydrogen-bond donors (Lipinski definition) is 2. The number of nitrogens with zero attached hydrogens (tertiary/aromatic N) is 1. The van der Waals surface area contributed by atoms with Gasteiger partial charge in [-0.3, -0.25) is 10.3 Å². The second-order valence-corrected chi connectivity index (χ2v) is 3.00. The highest BCUT2D eigenvalue weighted by atomic mass is 16.5. The zero-order chi connectivity index (χ0) is 11.4. The number of hydroxylamine groups is 1. The molecule has 0 heterocycles. The van der Waals surface area contributed by atoms with Crippen molar-refractivity contribution in [3.05, 3.63) is 23.8 Å². The van der Waals surface area contributed by atoms with Gasteiger partial charge in [0.1, 0.15) is 0 Å². The van der Waals surface area contributed by atoms with E-state index in [4.69, 9.17) is 0 Å². The number of rotatable bonds is 3. The normalized spacial score (nSPS) is 9.60. The smallest absolute Gasteiger partial charge is 0.337 e. The lowest BCUT2D eigenvalue weighted by Gasteiger charge is -2.15. The van der Waals surface area contributed by atoms with Crippen LogP contribution in [0.2, 0.25) is 0 Å². The standard InChI is InChI=1S/C10H14N2O3/c1-11-8-6-7(10(13)15-3)4-5-9(8)12(2)14/h4-6,11,14H,1-3H3. The summed E-state index contributed by atoms with van der Waals surface area (Å²) in [5, 5.41) is 13.2. The number of esters is 1. The van der Waals surface area contributed by atoms with Gasteiger partial charge in [-0.05, 0) is 18.2 Å². The first-order valence-electron chi connectivity index (χ1n) is 4.43. The van der Waals surface area contributed by atoms with Gasteiger partial charge in [0.15, 0.2) is 0 Å². The predicted molar refractivity (Wildman–Crippen MR) is 57.5 cm³/mol. The minimum Gasteiger partial charge on any atom is -0.465 e. The third-order valence-corrected chi connectivity index (χ3v) is 2.04. The van der Waals surface area contributed by atoms with Gasteiger partial charge in [0.25, 0.3) is 0 Å². The van der Waals surface area contributed by atoms with Gasteiger partial charge in [-0.2, -0.15) is 0 Å². The van der Waals surface area contributed by atoms with E-state index in [2.05, 4.69) is 10.1 Å². The molecule has 5 heteroatoms. The number of ether oxygens (including phenoxy) is 1. The van der Waals surface area contributed by atoms with Crippen molar-refractivity contribution in [3.8, 4) is 0 Å². The molecule has 0 aromatic heterocycles. The molecule has 0 bridgehead atoms.